The first-order chi connectivity index (χ1) is 16.3. The Balaban J connectivity index is 1.63. The van der Waals surface area contributed by atoms with Crippen LogP contribution in [0.3, 0.4) is 0 Å². The van der Waals surface area contributed by atoms with Gasteiger partial charge in [0.05, 0.1) is 23.3 Å². The maximum atomic E-state index is 12.1. The third kappa shape index (κ3) is 5.94. The lowest BCUT2D eigenvalue weighted by Gasteiger charge is -2.10. The van der Waals surface area contributed by atoms with Gasteiger partial charge in [0.2, 0.25) is 5.88 Å². The van der Waals surface area contributed by atoms with E-state index in [0.29, 0.717) is 11.3 Å². The van der Waals surface area contributed by atoms with E-state index in [-0.39, 0.29) is 45.8 Å². The van der Waals surface area contributed by atoms with Gasteiger partial charge in [-0.3, -0.25) is 14.9 Å². The summed E-state index contributed by atoms with van der Waals surface area (Å²) in [6.07, 6.45) is 1.23. The molecule has 0 radical (unpaired) electrons. The van der Waals surface area contributed by atoms with Crippen molar-refractivity contribution >= 4 is 29.4 Å². The average Bonchev–Trinajstić information content (AvgIpc) is 3.26. The summed E-state index contributed by atoms with van der Waals surface area (Å²) < 4.78 is 16.0. The molecule has 34 heavy (non-hydrogen) atoms. The number of pyridine rings is 1. The minimum Gasteiger partial charge on any atom is -0.467 e. The number of halogens is 1. The van der Waals surface area contributed by atoms with Crippen molar-refractivity contribution in [2.75, 3.05) is 13.7 Å². The number of hydrogen-bond acceptors (Lipinski definition) is 9. The highest BCUT2D eigenvalue weighted by Crippen LogP contribution is 2.33. The van der Waals surface area contributed by atoms with E-state index in [9.17, 15) is 20.2 Å². The molecule has 0 spiro atoms. The number of carbonyl (C=O) groups excluding carboxylic acids is 1. The number of furan rings is 1. The minimum absolute atomic E-state index is 0.0221. The summed E-state index contributed by atoms with van der Waals surface area (Å²) in [6.45, 7) is 1.49. The molecule has 1 N–H and O–H groups in total. The van der Waals surface area contributed by atoms with Crippen LogP contribution in [0.4, 0.5) is 5.69 Å². The summed E-state index contributed by atoms with van der Waals surface area (Å²) in [7, 11) is 1.50. The van der Waals surface area contributed by atoms with Crippen LogP contribution in [0.1, 0.15) is 22.6 Å². The maximum absolute atomic E-state index is 12.1. The smallest absolute Gasteiger partial charge is 0.281 e. The number of nitro groups is 1. The molecule has 12 heteroatoms. The fourth-order valence-electron chi connectivity index (χ4n) is 2.97. The van der Waals surface area contributed by atoms with Crippen molar-refractivity contribution in [1.29, 1.82) is 5.26 Å². The number of nitriles is 1. The van der Waals surface area contributed by atoms with E-state index >= 15 is 0 Å². The summed E-state index contributed by atoms with van der Waals surface area (Å²) in [5.41, 5.74) is 3.70. The first-order valence-electron chi connectivity index (χ1n) is 9.70. The molecule has 1 aromatic carbocycles. The zero-order valence-corrected chi connectivity index (χ0v) is 18.8. The van der Waals surface area contributed by atoms with Gasteiger partial charge in [-0.1, -0.05) is 11.6 Å². The second-order valence-corrected chi connectivity index (χ2v) is 7.29. The molecule has 0 atom stereocenters. The maximum Gasteiger partial charge on any atom is 0.281 e. The summed E-state index contributed by atoms with van der Waals surface area (Å²) in [5.74, 6) is -0.0940. The number of aryl methyl sites for hydroxylation is 1. The molecule has 2 heterocycles. The lowest BCUT2D eigenvalue weighted by molar-refractivity contribution is -0.384. The molecule has 2 aromatic heterocycles. The number of amides is 1. The van der Waals surface area contributed by atoms with Gasteiger partial charge in [-0.2, -0.15) is 10.4 Å². The molecule has 1 amide bonds. The van der Waals surface area contributed by atoms with Crippen molar-refractivity contribution in [3.63, 3.8) is 0 Å². The van der Waals surface area contributed by atoms with Crippen molar-refractivity contribution in [1.82, 2.24) is 10.4 Å². The van der Waals surface area contributed by atoms with Gasteiger partial charge >= 0.3 is 0 Å². The van der Waals surface area contributed by atoms with E-state index < -0.39 is 17.4 Å². The third-order valence-corrected chi connectivity index (χ3v) is 4.61. The van der Waals surface area contributed by atoms with Crippen LogP contribution in [0.25, 0.3) is 11.3 Å². The zero-order chi connectivity index (χ0) is 24.7. The molecule has 0 aliphatic heterocycles. The second kappa shape index (κ2) is 11.0. The average molecular weight is 484 g/mol. The second-order valence-electron chi connectivity index (χ2n) is 6.85. The van der Waals surface area contributed by atoms with Crippen LogP contribution in [0.15, 0.2) is 45.9 Å². The van der Waals surface area contributed by atoms with Gasteiger partial charge < -0.3 is 13.9 Å². The van der Waals surface area contributed by atoms with Gasteiger partial charge in [-0.15, -0.1) is 0 Å². The summed E-state index contributed by atoms with van der Waals surface area (Å²) in [5, 5.41) is 24.7. The summed E-state index contributed by atoms with van der Waals surface area (Å²) in [6, 6.07) is 11.0. The number of methoxy groups -OCH3 is 1. The van der Waals surface area contributed by atoms with Crippen molar-refractivity contribution < 1.29 is 23.6 Å². The zero-order valence-electron chi connectivity index (χ0n) is 18.1. The van der Waals surface area contributed by atoms with Crippen LogP contribution in [0.2, 0.25) is 5.02 Å². The highest BCUT2D eigenvalue weighted by molar-refractivity contribution is 6.30. The van der Waals surface area contributed by atoms with Gasteiger partial charge in [-0.25, -0.2) is 10.4 Å². The SMILES string of the molecule is COCc1cc(C)nc(OCC(=O)NN=Cc2ccc(-c3ccc(Cl)cc3[N+](=O)[O-])o2)c1C#N. The molecule has 3 rings (SSSR count). The number of benzene rings is 1. The number of nitrogens with one attached hydrogen (secondary N) is 1. The van der Waals surface area contributed by atoms with Crippen LogP contribution in [0.5, 0.6) is 5.88 Å². The van der Waals surface area contributed by atoms with E-state index in [0.717, 1.165) is 0 Å². The predicted octanol–water partition coefficient (Wildman–Crippen LogP) is 3.76. The molecule has 0 aliphatic rings. The molecule has 0 saturated heterocycles. The molecule has 3 aromatic rings. The topological polar surface area (TPSA) is 153 Å². The highest BCUT2D eigenvalue weighted by Gasteiger charge is 2.18. The lowest BCUT2D eigenvalue weighted by Crippen LogP contribution is -2.25. The lowest BCUT2D eigenvalue weighted by atomic mass is 10.1. The molecule has 174 valence electrons. The van der Waals surface area contributed by atoms with E-state index in [1.165, 1.54) is 43.7 Å². The number of aromatic nitrogens is 1. The normalized spacial score (nSPS) is 10.8. The van der Waals surface area contributed by atoms with E-state index in [4.69, 9.17) is 25.5 Å². The number of nitro benzene ring substituents is 1. The molecule has 0 aliphatic carbocycles. The number of rotatable bonds is 9. The number of nitrogens with zero attached hydrogens (tertiary/aromatic N) is 4. The molecule has 0 bridgehead atoms. The first-order valence-corrected chi connectivity index (χ1v) is 10.1. The first kappa shape index (κ1) is 24.4. The third-order valence-electron chi connectivity index (χ3n) is 4.38. The van der Waals surface area contributed by atoms with Crippen LogP contribution in [-0.4, -0.2) is 35.7 Å². The Kier molecular flexibility index (Phi) is 7.92. The van der Waals surface area contributed by atoms with Crippen molar-refractivity contribution in [3.8, 4) is 23.3 Å². The number of ether oxygens (including phenoxy) is 2. The Morgan fingerprint density at radius 2 is 2.18 bits per heavy atom. The molecule has 11 nitrogen and oxygen atoms in total. The summed E-state index contributed by atoms with van der Waals surface area (Å²) >= 11 is 5.83. The Labute approximate surface area is 198 Å². The summed E-state index contributed by atoms with van der Waals surface area (Å²) in [4.78, 5) is 26.9. The number of carbonyl (C=O) groups is 1. The molecular formula is C22H18ClN5O6. The Morgan fingerprint density at radius 3 is 2.88 bits per heavy atom. The van der Waals surface area contributed by atoms with Crippen LogP contribution < -0.4 is 10.2 Å². The van der Waals surface area contributed by atoms with Crippen molar-refractivity contribution in [2.24, 2.45) is 5.10 Å². The quantitative estimate of drug-likeness (QED) is 0.274. The van der Waals surface area contributed by atoms with E-state index in [1.807, 2.05) is 6.07 Å². The van der Waals surface area contributed by atoms with Crippen LogP contribution in [-0.2, 0) is 16.1 Å². The monoisotopic (exact) mass is 483 g/mol. The Hall–Kier alpha value is -4.27. The molecule has 0 fully saturated rings. The standard InChI is InChI=1S/C22H18ClN5O6/c1-13-7-14(11-32-2)18(9-24)22(26-13)33-12-21(29)27-25-10-16-4-6-20(34-16)17-5-3-15(23)8-19(17)28(30)31/h3-8,10H,11-12H2,1-2H3,(H,27,29). The van der Waals surface area contributed by atoms with Crippen LogP contribution in [0, 0.1) is 28.4 Å². The van der Waals surface area contributed by atoms with E-state index in [1.54, 1.807) is 13.0 Å². The van der Waals surface area contributed by atoms with Gasteiger partial charge in [0.1, 0.15) is 23.2 Å². The fourth-order valence-corrected chi connectivity index (χ4v) is 3.14. The largest absolute Gasteiger partial charge is 0.467 e. The van der Waals surface area contributed by atoms with E-state index in [2.05, 4.69) is 15.5 Å². The molecule has 0 unspecified atom stereocenters. The van der Waals surface area contributed by atoms with Gasteiger partial charge in [0.15, 0.2) is 6.61 Å². The molecular weight excluding hydrogens is 466 g/mol. The van der Waals surface area contributed by atoms with Crippen molar-refractivity contribution in [3.05, 3.63) is 74.1 Å². The van der Waals surface area contributed by atoms with Gasteiger partial charge in [0, 0.05) is 29.5 Å². The van der Waals surface area contributed by atoms with Crippen molar-refractivity contribution in [2.45, 2.75) is 13.5 Å². The number of hydrazone groups is 1. The Morgan fingerprint density at radius 1 is 1.38 bits per heavy atom. The van der Waals surface area contributed by atoms with Gasteiger partial charge in [-0.05, 0) is 37.3 Å². The van der Waals surface area contributed by atoms with Crippen LogP contribution >= 0.6 is 11.6 Å². The predicted molar refractivity (Wildman–Crippen MR) is 121 cm³/mol. The molecule has 0 saturated carbocycles. The minimum atomic E-state index is -0.600. The fraction of sp³-hybridized carbons (Fsp3) is 0.182. The number of hydrogen-bond donors (Lipinski definition) is 1. The van der Waals surface area contributed by atoms with Gasteiger partial charge in [0.25, 0.3) is 11.6 Å². The Bertz CT molecular complexity index is 1300. The highest BCUT2D eigenvalue weighted by atomic mass is 35.5.